The zero-order chi connectivity index (χ0) is 11.2. The van der Waals surface area contributed by atoms with Crippen LogP contribution < -0.4 is 5.73 Å². The summed E-state index contributed by atoms with van der Waals surface area (Å²) in [6, 6.07) is 5.39. The highest BCUT2D eigenvalue weighted by Gasteiger charge is 2.19. The van der Waals surface area contributed by atoms with Crippen molar-refractivity contribution in [3.63, 3.8) is 0 Å². The van der Waals surface area contributed by atoms with Gasteiger partial charge < -0.3 is 5.73 Å². The van der Waals surface area contributed by atoms with E-state index in [0.29, 0.717) is 5.52 Å². The predicted molar refractivity (Wildman–Crippen MR) is 57.5 cm³/mol. The van der Waals surface area contributed by atoms with E-state index in [9.17, 15) is 8.42 Å². The summed E-state index contributed by atoms with van der Waals surface area (Å²) in [4.78, 5) is 0. The number of anilines is 1. The number of sulfone groups is 1. The molecule has 2 heterocycles. The number of nitrogen functional groups attached to an aromatic ring is 1. The predicted octanol–water partition coefficient (Wildman–Crippen LogP) is 0.628. The van der Waals surface area contributed by atoms with E-state index in [1.54, 1.807) is 6.07 Å². The molecule has 0 bridgehead atoms. The molecule has 2 aromatic heterocycles. The van der Waals surface area contributed by atoms with E-state index >= 15 is 0 Å². The summed E-state index contributed by atoms with van der Waals surface area (Å²) in [7, 11) is -3.37. The Labute approximate surface area is 87.4 Å². The minimum atomic E-state index is -3.37. The lowest BCUT2D eigenvalue weighted by Crippen LogP contribution is -2.01. The Hall–Kier alpha value is -1.56. The highest BCUT2D eigenvalue weighted by Crippen LogP contribution is 2.23. The quantitative estimate of drug-likeness (QED) is 0.772. The molecule has 0 unspecified atom stereocenters. The Morgan fingerprint density at radius 3 is 2.60 bits per heavy atom. The van der Waals surface area contributed by atoms with Crippen molar-refractivity contribution in [3.05, 3.63) is 23.9 Å². The number of aryl methyl sites for hydroxylation is 1. The van der Waals surface area contributed by atoms with Crippen LogP contribution in [0.2, 0.25) is 0 Å². The van der Waals surface area contributed by atoms with Gasteiger partial charge in [-0.1, -0.05) is 6.07 Å². The van der Waals surface area contributed by atoms with Crippen LogP contribution in [0.15, 0.2) is 23.2 Å². The number of nitrogens with zero attached hydrogens (tertiary/aromatic N) is 2. The van der Waals surface area contributed by atoms with E-state index in [1.807, 2.05) is 19.1 Å². The largest absolute Gasteiger partial charge is 0.395 e. The fraction of sp³-hybridized carbons (Fsp3) is 0.222. The van der Waals surface area contributed by atoms with Gasteiger partial charge in [-0.3, -0.25) is 0 Å². The lowest BCUT2D eigenvalue weighted by Gasteiger charge is -1.96. The summed E-state index contributed by atoms with van der Waals surface area (Å²) in [6.45, 7) is 1.84. The molecule has 5 nitrogen and oxygen atoms in total. The Bertz CT molecular complexity index is 628. The number of hydrogen-bond acceptors (Lipinski definition) is 4. The van der Waals surface area contributed by atoms with Crippen LogP contribution in [-0.4, -0.2) is 24.3 Å². The second-order valence-electron chi connectivity index (χ2n) is 3.46. The topological polar surface area (TPSA) is 77.5 Å². The van der Waals surface area contributed by atoms with E-state index in [1.165, 1.54) is 4.52 Å². The first kappa shape index (κ1) is 9.97. The van der Waals surface area contributed by atoms with Gasteiger partial charge in [0, 0.05) is 11.9 Å². The minimum Gasteiger partial charge on any atom is -0.395 e. The Balaban J connectivity index is 2.93. The summed E-state index contributed by atoms with van der Waals surface area (Å²) in [5, 5.41) is 3.93. The molecule has 6 heteroatoms. The Morgan fingerprint density at radius 1 is 1.40 bits per heavy atom. The standard InChI is InChI=1S/C9H11N3O2S/c1-6-4-3-5-7-8(10)9(11-12(6)7)15(2,13)14/h3-5H,10H2,1-2H3. The number of rotatable bonds is 1. The molecule has 0 atom stereocenters. The smallest absolute Gasteiger partial charge is 0.200 e. The van der Waals surface area contributed by atoms with Crippen LogP contribution in [0.1, 0.15) is 5.69 Å². The molecule has 0 saturated heterocycles. The van der Waals surface area contributed by atoms with Crippen molar-refractivity contribution >= 4 is 21.0 Å². The maximum atomic E-state index is 11.4. The highest BCUT2D eigenvalue weighted by molar-refractivity contribution is 7.90. The normalized spacial score (nSPS) is 12.1. The molecule has 0 aromatic carbocycles. The van der Waals surface area contributed by atoms with Gasteiger partial charge in [0.05, 0.1) is 11.2 Å². The van der Waals surface area contributed by atoms with Crippen molar-refractivity contribution in [1.29, 1.82) is 0 Å². The maximum Gasteiger partial charge on any atom is 0.200 e. The number of aromatic nitrogens is 2. The molecule has 2 rings (SSSR count). The summed E-state index contributed by atoms with van der Waals surface area (Å²) < 4.78 is 24.3. The van der Waals surface area contributed by atoms with Crippen molar-refractivity contribution in [2.45, 2.75) is 11.9 Å². The highest BCUT2D eigenvalue weighted by atomic mass is 32.2. The van der Waals surface area contributed by atoms with E-state index in [0.717, 1.165) is 11.9 Å². The third kappa shape index (κ3) is 1.46. The molecule has 15 heavy (non-hydrogen) atoms. The maximum absolute atomic E-state index is 11.4. The van der Waals surface area contributed by atoms with Gasteiger partial charge in [0.25, 0.3) is 0 Å². The van der Waals surface area contributed by atoms with Crippen LogP contribution in [0.5, 0.6) is 0 Å². The van der Waals surface area contributed by atoms with E-state index in [-0.39, 0.29) is 10.7 Å². The molecule has 80 valence electrons. The molecule has 0 amide bonds. The van der Waals surface area contributed by atoms with Crippen molar-refractivity contribution < 1.29 is 8.42 Å². The molecule has 0 aliphatic carbocycles. The molecule has 0 spiro atoms. The average molecular weight is 225 g/mol. The van der Waals surface area contributed by atoms with Crippen molar-refractivity contribution in [2.75, 3.05) is 12.0 Å². The van der Waals surface area contributed by atoms with Crippen LogP contribution in [0.3, 0.4) is 0 Å². The number of fused-ring (bicyclic) bond motifs is 1. The zero-order valence-electron chi connectivity index (χ0n) is 8.43. The van der Waals surface area contributed by atoms with Gasteiger partial charge in [0.2, 0.25) is 5.03 Å². The summed E-state index contributed by atoms with van der Waals surface area (Å²) in [5.74, 6) is 0. The van der Waals surface area contributed by atoms with Crippen molar-refractivity contribution in [1.82, 2.24) is 9.61 Å². The Kier molecular flexibility index (Phi) is 1.97. The molecule has 0 saturated carbocycles. The molecule has 0 aliphatic heterocycles. The molecule has 0 aliphatic rings. The van der Waals surface area contributed by atoms with Crippen molar-refractivity contribution in [2.24, 2.45) is 0 Å². The van der Waals surface area contributed by atoms with E-state index < -0.39 is 9.84 Å². The lowest BCUT2D eigenvalue weighted by atomic mass is 10.3. The number of nitrogens with two attached hydrogens (primary N) is 1. The van der Waals surface area contributed by atoms with Crippen LogP contribution in [0.25, 0.3) is 5.52 Å². The third-order valence-corrected chi connectivity index (χ3v) is 3.21. The summed E-state index contributed by atoms with van der Waals surface area (Å²) >= 11 is 0. The first-order chi connectivity index (χ1) is 6.91. The monoisotopic (exact) mass is 225 g/mol. The van der Waals surface area contributed by atoms with Gasteiger partial charge in [-0.25, -0.2) is 12.9 Å². The molecule has 0 radical (unpaired) electrons. The molecule has 0 fully saturated rings. The molecule has 2 aromatic rings. The second kappa shape index (κ2) is 2.96. The fourth-order valence-electron chi connectivity index (χ4n) is 1.47. The molecular weight excluding hydrogens is 214 g/mol. The van der Waals surface area contributed by atoms with Crippen LogP contribution in [-0.2, 0) is 9.84 Å². The van der Waals surface area contributed by atoms with Crippen LogP contribution >= 0.6 is 0 Å². The van der Waals surface area contributed by atoms with Crippen LogP contribution in [0.4, 0.5) is 5.69 Å². The summed E-state index contributed by atoms with van der Waals surface area (Å²) in [5.41, 5.74) is 7.40. The lowest BCUT2D eigenvalue weighted by molar-refractivity contribution is 0.597. The van der Waals surface area contributed by atoms with Gasteiger partial charge in [-0.2, -0.15) is 5.10 Å². The van der Waals surface area contributed by atoms with Gasteiger partial charge in [-0.05, 0) is 19.1 Å². The second-order valence-corrected chi connectivity index (χ2v) is 5.39. The third-order valence-electron chi connectivity index (χ3n) is 2.20. The summed E-state index contributed by atoms with van der Waals surface area (Å²) in [6.07, 6.45) is 1.10. The van der Waals surface area contributed by atoms with Crippen LogP contribution in [0, 0.1) is 6.92 Å². The molecule has 2 N–H and O–H groups in total. The zero-order valence-corrected chi connectivity index (χ0v) is 9.25. The van der Waals surface area contributed by atoms with E-state index in [2.05, 4.69) is 5.10 Å². The first-order valence-corrected chi connectivity index (χ1v) is 6.24. The average Bonchev–Trinajstić information content (AvgIpc) is 2.45. The fourth-order valence-corrected chi connectivity index (χ4v) is 2.21. The Morgan fingerprint density at radius 2 is 2.07 bits per heavy atom. The van der Waals surface area contributed by atoms with Gasteiger partial charge in [0.1, 0.15) is 0 Å². The molecular formula is C9H11N3O2S. The van der Waals surface area contributed by atoms with Gasteiger partial charge >= 0.3 is 0 Å². The minimum absolute atomic E-state index is 0.0585. The van der Waals surface area contributed by atoms with Crippen molar-refractivity contribution in [3.8, 4) is 0 Å². The van der Waals surface area contributed by atoms with Gasteiger partial charge in [-0.15, -0.1) is 0 Å². The van der Waals surface area contributed by atoms with Gasteiger partial charge in [0.15, 0.2) is 9.84 Å². The SMILES string of the molecule is Cc1cccc2c(N)c(S(C)(=O)=O)nn12. The number of hydrogen-bond donors (Lipinski definition) is 1. The van der Waals surface area contributed by atoms with E-state index in [4.69, 9.17) is 5.73 Å². The number of pyridine rings is 1. The first-order valence-electron chi connectivity index (χ1n) is 4.35.